The van der Waals surface area contributed by atoms with Gasteiger partial charge in [-0.05, 0) is 79.6 Å². The van der Waals surface area contributed by atoms with Gasteiger partial charge in [0.1, 0.15) is 5.82 Å². The number of hydrogen-bond donors (Lipinski definition) is 1. The minimum atomic E-state index is -0.353. The van der Waals surface area contributed by atoms with Crippen LogP contribution in [-0.4, -0.2) is 37.4 Å². The van der Waals surface area contributed by atoms with E-state index in [1.807, 2.05) is 42.1 Å². The predicted molar refractivity (Wildman–Crippen MR) is 116 cm³/mol. The molecule has 2 aromatic rings. The molecule has 30 heavy (non-hydrogen) atoms. The van der Waals surface area contributed by atoms with Gasteiger partial charge in [0.2, 0.25) is 5.91 Å². The minimum absolute atomic E-state index is 0.0655. The van der Waals surface area contributed by atoms with Crippen molar-refractivity contribution < 1.29 is 14.0 Å². The first-order valence-corrected chi connectivity index (χ1v) is 10.6. The number of hydrogen-bond acceptors (Lipinski definition) is 3. The van der Waals surface area contributed by atoms with Crippen LogP contribution < -0.4 is 10.2 Å². The number of amides is 2. The number of carbonyl (C=O) groups excluding carboxylic acids is 2. The van der Waals surface area contributed by atoms with Crippen molar-refractivity contribution in [1.29, 1.82) is 0 Å². The molecule has 1 N–H and O–H groups in total. The number of anilines is 2. The van der Waals surface area contributed by atoms with Crippen LogP contribution in [0.15, 0.2) is 42.5 Å². The smallest absolute Gasteiger partial charge is 0.254 e. The van der Waals surface area contributed by atoms with Gasteiger partial charge in [0.15, 0.2) is 0 Å². The van der Waals surface area contributed by atoms with Gasteiger partial charge in [0.05, 0.1) is 0 Å². The summed E-state index contributed by atoms with van der Waals surface area (Å²) in [4.78, 5) is 29.2. The molecular weight excluding hydrogens is 381 g/mol. The van der Waals surface area contributed by atoms with Crippen LogP contribution in [-0.2, 0) is 11.3 Å². The monoisotopic (exact) mass is 409 g/mol. The molecule has 0 heterocycles. The highest BCUT2D eigenvalue weighted by Gasteiger charge is 2.30. The third kappa shape index (κ3) is 4.99. The molecule has 4 rings (SSSR count). The van der Waals surface area contributed by atoms with E-state index in [4.69, 9.17) is 0 Å². The minimum Gasteiger partial charge on any atom is -0.377 e. The predicted octanol–water partition coefficient (Wildman–Crippen LogP) is 4.29. The fraction of sp³-hybridized carbons (Fsp3) is 0.417. The highest BCUT2D eigenvalue weighted by Crippen LogP contribution is 2.33. The summed E-state index contributed by atoms with van der Waals surface area (Å²) < 4.78 is 13.3. The maximum Gasteiger partial charge on any atom is 0.254 e. The summed E-state index contributed by atoms with van der Waals surface area (Å²) in [5.74, 6) is 0.271. The molecular formula is C24H28FN3O2. The molecule has 5 nitrogen and oxygen atoms in total. The fourth-order valence-electron chi connectivity index (χ4n) is 3.63. The lowest BCUT2D eigenvalue weighted by molar-refractivity contribution is -0.117. The number of benzene rings is 2. The topological polar surface area (TPSA) is 52.7 Å². The zero-order valence-electron chi connectivity index (χ0n) is 17.5. The van der Waals surface area contributed by atoms with E-state index in [9.17, 15) is 14.0 Å². The molecule has 158 valence electrons. The highest BCUT2D eigenvalue weighted by molar-refractivity contribution is 5.95. The normalized spacial score (nSPS) is 15.6. The van der Waals surface area contributed by atoms with Crippen LogP contribution >= 0.6 is 0 Å². The lowest BCUT2D eigenvalue weighted by atomic mass is 10.1. The summed E-state index contributed by atoms with van der Waals surface area (Å²) in [6, 6.07) is 11.6. The zero-order valence-corrected chi connectivity index (χ0v) is 17.5. The Labute approximate surface area is 176 Å². The Morgan fingerprint density at radius 2 is 1.73 bits per heavy atom. The molecule has 0 radical (unpaired) electrons. The van der Waals surface area contributed by atoms with Crippen LogP contribution in [0.4, 0.5) is 15.8 Å². The molecule has 0 saturated heterocycles. The molecule has 0 aromatic heterocycles. The van der Waals surface area contributed by atoms with Crippen LogP contribution in [0.2, 0.25) is 0 Å². The molecule has 0 unspecified atom stereocenters. The van der Waals surface area contributed by atoms with E-state index in [1.165, 1.54) is 24.3 Å². The third-order valence-electron chi connectivity index (χ3n) is 5.69. The Bertz CT molecular complexity index is 934. The second kappa shape index (κ2) is 8.46. The summed E-state index contributed by atoms with van der Waals surface area (Å²) in [5, 5.41) is 3.00. The Hall–Kier alpha value is -2.89. The quantitative estimate of drug-likeness (QED) is 0.708. The summed E-state index contributed by atoms with van der Waals surface area (Å²) in [6.07, 6.45) is 4.17. The third-order valence-corrected chi connectivity index (χ3v) is 5.69. The van der Waals surface area contributed by atoms with Crippen molar-refractivity contribution >= 4 is 23.2 Å². The van der Waals surface area contributed by atoms with Crippen LogP contribution in [0.25, 0.3) is 0 Å². The largest absolute Gasteiger partial charge is 0.377 e. The second-order valence-electron chi connectivity index (χ2n) is 8.64. The van der Waals surface area contributed by atoms with Gasteiger partial charge >= 0.3 is 0 Å². The number of halogens is 1. The molecule has 0 atom stereocenters. The van der Waals surface area contributed by atoms with Crippen LogP contribution in [0.5, 0.6) is 0 Å². The van der Waals surface area contributed by atoms with Crippen molar-refractivity contribution in [2.45, 2.75) is 32.2 Å². The van der Waals surface area contributed by atoms with E-state index in [0.717, 1.165) is 42.6 Å². The first kappa shape index (κ1) is 20.4. The van der Waals surface area contributed by atoms with Gasteiger partial charge < -0.3 is 15.1 Å². The van der Waals surface area contributed by atoms with Gasteiger partial charge in [-0.3, -0.25) is 9.59 Å². The van der Waals surface area contributed by atoms with E-state index in [-0.39, 0.29) is 23.5 Å². The lowest BCUT2D eigenvalue weighted by Gasteiger charge is -2.26. The van der Waals surface area contributed by atoms with Crippen molar-refractivity contribution in [2.24, 2.45) is 11.8 Å². The molecule has 2 aliphatic rings. The van der Waals surface area contributed by atoms with E-state index >= 15 is 0 Å². The van der Waals surface area contributed by atoms with Gasteiger partial charge in [-0.15, -0.1) is 0 Å². The fourth-order valence-corrected chi connectivity index (χ4v) is 3.63. The van der Waals surface area contributed by atoms with Gasteiger partial charge in [-0.2, -0.15) is 0 Å². The summed E-state index contributed by atoms with van der Waals surface area (Å²) in [5.41, 5.74) is 3.23. The average Bonchev–Trinajstić information content (AvgIpc) is 3.61. The maximum atomic E-state index is 13.3. The molecule has 0 aliphatic heterocycles. The van der Waals surface area contributed by atoms with E-state index in [0.29, 0.717) is 24.6 Å². The molecule has 6 heteroatoms. The van der Waals surface area contributed by atoms with E-state index in [1.54, 1.807) is 0 Å². The van der Waals surface area contributed by atoms with Crippen LogP contribution in [0.1, 0.15) is 41.6 Å². The molecule has 0 spiro atoms. The van der Waals surface area contributed by atoms with Gasteiger partial charge in [-0.25, -0.2) is 4.39 Å². The van der Waals surface area contributed by atoms with Crippen molar-refractivity contribution in [3.63, 3.8) is 0 Å². The second-order valence-corrected chi connectivity index (χ2v) is 8.64. The Kier molecular flexibility index (Phi) is 5.75. The van der Waals surface area contributed by atoms with Crippen LogP contribution in [0.3, 0.4) is 0 Å². The number of carbonyl (C=O) groups is 2. The number of rotatable bonds is 8. The van der Waals surface area contributed by atoms with E-state index in [2.05, 4.69) is 5.32 Å². The summed E-state index contributed by atoms with van der Waals surface area (Å²) in [6.45, 7) is 1.12. The standard InChI is InChI=1S/C24H28FN3O2/c1-27(2)22-12-11-21(26-23(29)17-5-6-17)13-19(22)15-28(14-16-3-4-16)24(30)18-7-9-20(25)10-8-18/h7-13,16-17H,3-6,14-15H2,1-2H3,(H,26,29). The first-order valence-electron chi connectivity index (χ1n) is 10.6. The number of nitrogens with one attached hydrogen (secondary N) is 1. The SMILES string of the molecule is CN(C)c1ccc(NC(=O)C2CC2)cc1CN(CC1CC1)C(=O)c1ccc(F)cc1. The number of nitrogens with zero attached hydrogens (tertiary/aromatic N) is 2. The van der Waals surface area contributed by atoms with Crippen molar-refractivity contribution in [3.8, 4) is 0 Å². The lowest BCUT2D eigenvalue weighted by Crippen LogP contribution is -2.33. The van der Waals surface area contributed by atoms with Crippen LogP contribution in [0, 0.1) is 17.7 Å². The summed E-state index contributed by atoms with van der Waals surface area (Å²) in [7, 11) is 3.93. The maximum absolute atomic E-state index is 13.3. The molecule has 2 fully saturated rings. The Morgan fingerprint density at radius 1 is 1.03 bits per heavy atom. The van der Waals surface area contributed by atoms with Crippen molar-refractivity contribution in [1.82, 2.24) is 4.90 Å². The van der Waals surface area contributed by atoms with Gasteiger partial charge in [0.25, 0.3) is 5.91 Å². The molecule has 2 saturated carbocycles. The molecule has 2 amide bonds. The van der Waals surface area contributed by atoms with Gasteiger partial charge in [-0.1, -0.05) is 0 Å². The van der Waals surface area contributed by atoms with Gasteiger partial charge in [0, 0.05) is 50.0 Å². The first-order chi connectivity index (χ1) is 14.4. The average molecular weight is 410 g/mol. The Balaban J connectivity index is 1.59. The van der Waals surface area contributed by atoms with Crippen molar-refractivity contribution in [2.75, 3.05) is 30.9 Å². The molecule has 0 bridgehead atoms. The molecule has 2 aliphatic carbocycles. The van der Waals surface area contributed by atoms with Crippen molar-refractivity contribution in [3.05, 3.63) is 59.4 Å². The Morgan fingerprint density at radius 3 is 2.33 bits per heavy atom. The van der Waals surface area contributed by atoms with E-state index < -0.39 is 0 Å². The molecule has 2 aromatic carbocycles. The highest BCUT2D eigenvalue weighted by atomic mass is 19.1. The zero-order chi connectivity index (χ0) is 21.3. The summed E-state index contributed by atoms with van der Waals surface area (Å²) >= 11 is 0.